The molecule has 2 aromatic carbocycles. The molecule has 1 aromatic heterocycles. The van der Waals surface area contributed by atoms with Gasteiger partial charge in [-0.3, -0.25) is 14.5 Å². The van der Waals surface area contributed by atoms with Crippen molar-refractivity contribution in [3.63, 3.8) is 0 Å². The molecular formula is C23H19ClN2O2S. The highest BCUT2D eigenvalue weighted by molar-refractivity contribution is 7.11. The van der Waals surface area contributed by atoms with Gasteiger partial charge in [-0.1, -0.05) is 41.9 Å². The second kappa shape index (κ2) is 7.85. The van der Waals surface area contributed by atoms with Crippen LogP contribution in [0.3, 0.4) is 0 Å². The molecule has 1 aliphatic rings. The van der Waals surface area contributed by atoms with Crippen LogP contribution in [0.25, 0.3) is 5.57 Å². The molecular weight excluding hydrogens is 404 g/mol. The first-order valence-corrected chi connectivity index (χ1v) is 10.4. The number of hydrogen-bond acceptors (Lipinski definition) is 4. The first-order valence-electron chi connectivity index (χ1n) is 9.17. The average molecular weight is 423 g/mol. The van der Waals surface area contributed by atoms with E-state index in [2.05, 4.69) is 11.4 Å². The topological polar surface area (TPSA) is 49.4 Å². The number of amides is 2. The van der Waals surface area contributed by atoms with Crippen molar-refractivity contribution in [3.05, 3.63) is 92.3 Å². The second-order valence-electron chi connectivity index (χ2n) is 7.02. The number of benzene rings is 2. The van der Waals surface area contributed by atoms with Crippen molar-refractivity contribution in [2.45, 2.75) is 20.4 Å². The predicted molar refractivity (Wildman–Crippen MR) is 118 cm³/mol. The van der Waals surface area contributed by atoms with Gasteiger partial charge in [-0.15, -0.1) is 11.3 Å². The second-order valence-corrected chi connectivity index (χ2v) is 8.37. The fraction of sp³-hybridized carbons (Fsp3) is 0.130. The Hall–Kier alpha value is -2.89. The van der Waals surface area contributed by atoms with E-state index in [4.69, 9.17) is 11.6 Å². The van der Waals surface area contributed by atoms with E-state index in [0.717, 1.165) is 27.3 Å². The van der Waals surface area contributed by atoms with E-state index in [1.165, 1.54) is 16.2 Å². The molecule has 0 saturated carbocycles. The summed E-state index contributed by atoms with van der Waals surface area (Å²) in [6.45, 7) is 4.13. The highest BCUT2D eigenvalue weighted by Crippen LogP contribution is 2.34. The van der Waals surface area contributed by atoms with Gasteiger partial charge in [0.1, 0.15) is 5.70 Å². The van der Waals surface area contributed by atoms with Crippen LogP contribution in [0, 0.1) is 13.8 Å². The Kier molecular flexibility index (Phi) is 5.26. The summed E-state index contributed by atoms with van der Waals surface area (Å²) >= 11 is 7.69. The minimum absolute atomic E-state index is 0.129. The van der Waals surface area contributed by atoms with Gasteiger partial charge in [0, 0.05) is 15.6 Å². The number of anilines is 1. The zero-order valence-corrected chi connectivity index (χ0v) is 17.6. The molecule has 0 radical (unpaired) electrons. The van der Waals surface area contributed by atoms with E-state index in [9.17, 15) is 9.59 Å². The number of aryl methyl sites for hydroxylation is 2. The quantitative estimate of drug-likeness (QED) is 0.559. The summed E-state index contributed by atoms with van der Waals surface area (Å²) in [5.74, 6) is -0.665. The maximum absolute atomic E-state index is 13.3. The lowest BCUT2D eigenvalue weighted by Gasteiger charge is -2.16. The van der Waals surface area contributed by atoms with Crippen LogP contribution in [0.2, 0.25) is 5.02 Å². The first-order chi connectivity index (χ1) is 13.9. The normalized spacial score (nSPS) is 14.1. The zero-order valence-electron chi connectivity index (χ0n) is 16.0. The van der Waals surface area contributed by atoms with Gasteiger partial charge in [0.05, 0.1) is 12.1 Å². The van der Waals surface area contributed by atoms with Gasteiger partial charge in [-0.25, -0.2) is 0 Å². The molecule has 2 heterocycles. The van der Waals surface area contributed by atoms with E-state index in [-0.39, 0.29) is 18.4 Å². The zero-order chi connectivity index (χ0) is 20.5. The lowest BCUT2D eigenvalue weighted by atomic mass is 10.1. The first kappa shape index (κ1) is 19.4. The number of halogens is 1. The summed E-state index contributed by atoms with van der Waals surface area (Å²) in [5, 5.41) is 5.64. The maximum atomic E-state index is 13.3. The Balaban J connectivity index is 1.74. The standard InChI is InChI=1S/C23H19ClN2O2S/c1-14-10-15(2)12-17(11-14)25-21-20(19-8-5-9-29-19)22(27)26(23(21)28)13-16-6-3-4-7-18(16)24/h3-12,25H,13H2,1-2H3. The number of nitrogens with one attached hydrogen (secondary N) is 1. The van der Waals surface area contributed by atoms with Gasteiger partial charge in [0.15, 0.2) is 0 Å². The summed E-state index contributed by atoms with van der Waals surface area (Å²) in [6, 6.07) is 16.9. The number of rotatable bonds is 5. The van der Waals surface area contributed by atoms with Crippen molar-refractivity contribution >= 4 is 46.0 Å². The molecule has 6 heteroatoms. The van der Waals surface area contributed by atoms with E-state index in [1.807, 2.05) is 61.7 Å². The maximum Gasteiger partial charge on any atom is 0.278 e. The number of nitrogens with zero attached hydrogens (tertiary/aromatic N) is 1. The van der Waals surface area contributed by atoms with E-state index in [0.29, 0.717) is 16.3 Å². The molecule has 1 N–H and O–H groups in total. The molecule has 0 spiro atoms. The SMILES string of the molecule is Cc1cc(C)cc(NC2=C(c3cccs3)C(=O)N(Cc3ccccc3Cl)C2=O)c1. The largest absolute Gasteiger partial charge is 0.350 e. The van der Waals surface area contributed by atoms with Crippen LogP contribution < -0.4 is 5.32 Å². The van der Waals surface area contributed by atoms with Crippen molar-refractivity contribution < 1.29 is 9.59 Å². The van der Waals surface area contributed by atoms with Crippen LogP contribution in [0.1, 0.15) is 21.6 Å². The summed E-state index contributed by atoms with van der Waals surface area (Å²) < 4.78 is 0. The summed E-state index contributed by atoms with van der Waals surface area (Å²) in [5.41, 5.74) is 4.37. The van der Waals surface area contributed by atoms with Crippen molar-refractivity contribution in [1.29, 1.82) is 0 Å². The van der Waals surface area contributed by atoms with Crippen LogP contribution >= 0.6 is 22.9 Å². The fourth-order valence-electron chi connectivity index (χ4n) is 3.47. The minimum Gasteiger partial charge on any atom is -0.350 e. The molecule has 0 saturated heterocycles. The van der Waals surface area contributed by atoms with Crippen LogP contribution in [0.15, 0.2) is 65.7 Å². The molecule has 0 unspecified atom stereocenters. The molecule has 29 heavy (non-hydrogen) atoms. The third kappa shape index (κ3) is 3.84. The molecule has 3 aromatic rings. The number of carbonyl (C=O) groups excluding carboxylic acids is 2. The molecule has 4 rings (SSSR count). The fourth-order valence-corrected chi connectivity index (χ4v) is 4.44. The van der Waals surface area contributed by atoms with Crippen molar-refractivity contribution in [3.8, 4) is 0 Å². The molecule has 0 fully saturated rings. The monoisotopic (exact) mass is 422 g/mol. The highest BCUT2D eigenvalue weighted by atomic mass is 35.5. The van der Waals surface area contributed by atoms with E-state index in [1.54, 1.807) is 6.07 Å². The van der Waals surface area contributed by atoms with Crippen molar-refractivity contribution in [1.82, 2.24) is 4.90 Å². The van der Waals surface area contributed by atoms with Crippen molar-refractivity contribution in [2.24, 2.45) is 0 Å². The number of carbonyl (C=O) groups is 2. The van der Waals surface area contributed by atoms with Gasteiger partial charge in [-0.05, 0) is 60.2 Å². The van der Waals surface area contributed by atoms with Gasteiger partial charge in [0.2, 0.25) is 0 Å². The Bertz CT molecular complexity index is 1120. The van der Waals surface area contributed by atoms with Gasteiger partial charge >= 0.3 is 0 Å². The highest BCUT2D eigenvalue weighted by Gasteiger charge is 2.39. The van der Waals surface area contributed by atoms with Gasteiger partial charge in [-0.2, -0.15) is 0 Å². The minimum atomic E-state index is -0.350. The Morgan fingerprint density at radius 3 is 2.34 bits per heavy atom. The Morgan fingerprint density at radius 2 is 1.69 bits per heavy atom. The third-order valence-corrected chi connectivity index (χ3v) is 5.97. The molecule has 0 aliphatic carbocycles. The van der Waals surface area contributed by atoms with Crippen LogP contribution in [-0.4, -0.2) is 16.7 Å². The van der Waals surface area contributed by atoms with Gasteiger partial charge < -0.3 is 5.32 Å². The van der Waals surface area contributed by atoms with Gasteiger partial charge in [0.25, 0.3) is 11.8 Å². The average Bonchev–Trinajstić information content (AvgIpc) is 3.26. The number of imide groups is 1. The predicted octanol–water partition coefficient (Wildman–Crippen LogP) is 5.41. The van der Waals surface area contributed by atoms with Crippen LogP contribution in [0.5, 0.6) is 0 Å². The lowest BCUT2D eigenvalue weighted by molar-refractivity contribution is -0.137. The molecule has 0 bridgehead atoms. The molecule has 2 amide bonds. The molecule has 1 aliphatic heterocycles. The molecule has 0 atom stereocenters. The van der Waals surface area contributed by atoms with E-state index < -0.39 is 0 Å². The summed E-state index contributed by atoms with van der Waals surface area (Å²) in [7, 11) is 0. The van der Waals surface area contributed by atoms with Crippen molar-refractivity contribution in [2.75, 3.05) is 5.32 Å². The van der Waals surface area contributed by atoms with Crippen LogP contribution in [-0.2, 0) is 16.1 Å². The Labute approximate surface area is 178 Å². The molecule has 4 nitrogen and oxygen atoms in total. The summed E-state index contributed by atoms with van der Waals surface area (Å²) in [6.07, 6.45) is 0. The summed E-state index contributed by atoms with van der Waals surface area (Å²) in [4.78, 5) is 28.5. The third-order valence-electron chi connectivity index (χ3n) is 4.71. The van der Waals surface area contributed by atoms with E-state index >= 15 is 0 Å². The van der Waals surface area contributed by atoms with Crippen LogP contribution in [0.4, 0.5) is 5.69 Å². The molecule has 146 valence electrons. The Morgan fingerprint density at radius 1 is 0.966 bits per heavy atom. The lowest BCUT2D eigenvalue weighted by Crippen LogP contribution is -2.32. The number of hydrogen-bond donors (Lipinski definition) is 1. The number of thiophene rings is 1. The smallest absolute Gasteiger partial charge is 0.278 e.